The first-order valence-corrected chi connectivity index (χ1v) is 17.5. The van der Waals surface area contributed by atoms with Gasteiger partial charge in [0, 0.05) is 37.3 Å². The molecule has 12 nitrogen and oxygen atoms in total. The number of pyridine rings is 1. The Hall–Kier alpha value is -3.36. The Morgan fingerprint density at radius 3 is 2.39 bits per heavy atom. The molecule has 3 aromatic rings. The van der Waals surface area contributed by atoms with E-state index in [0.717, 1.165) is 51.0 Å². The van der Waals surface area contributed by atoms with E-state index < -0.39 is 39.7 Å². The lowest BCUT2D eigenvalue weighted by Gasteiger charge is -2.38. The molecular formula is C33H45N5O7S. The molecule has 3 atom stereocenters. The van der Waals surface area contributed by atoms with Crippen molar-refractivity contribution < 1.29 is 32.3 Å². The first kappa shape index (κ1) is 34.0. The molecule has 0 bridgehead atoms. The third kappa shape index (κ3) is 7.95. The molecular weight excluding hydrogens is 610 g/mol. The normalized spacial score (nSPS) is 24.3. The zero-order chi connectivity index (χ0) is 32.7. The van der Waals surface area contributed by atoms with Crippen LogP contribution in [0.15, 0.2) is 64.2 Å². The summed E-state index contributed by atoms with van der Waals surface area (Å²) in [5, 5.41) is 17.7. The highest BCUT2D eigenvalue weighted by atomic mass is 32.2. The zero-order valence-electron chi connectivity index (χ0n) is 26.6. The summed E-state index contributed by atoms with van der Waals surface area (Å²) < 4.78 is 38.6. The van der Waals surface area contributed by atoms with Gasteiger partial charge in [0.25, 0.3) is 15.9 Å². The van der Waals surface area contributed by atoms with Crippen LogP contribution in [-0.2, 0) is 19.6 Å². The third-order valence-corrected chi connectivity index (χ3v) is 11.0. The number of hydrogen-bond acceptors (Lipinski definition) is 9. The van der Waals surface area contributed by atoms with Crippen LogP contribution in [0.3, 0.4) is 0 Å². The van der Waals surface area contributed by atoms with E-state index in [1.165, 1.54) is 16.6 Å². The molecule has 6 rings (SSSR count). The number of nitrogens with one attached hydrogen (secondary N) is 2. The van der Waals surface area contributed by atoms with Gasteiger partial charge < -0.3 is 29.8 Å². The van der Waals surface area contributed by atoms with E-state index >= 15 is 0 Å². The standard InChI is InChI=1S/C28H34N4O6S.C5H11NO/c1-19-12-13-21(22(33)18-32(19)39(36,37)25-11-5-8-16-29-25)30-27(35)28(14-6-2-7-15-28)31-26(34)24-17-20-9-3-4-10-23(20)38-24;1-6-2-4-7-5-3-6/h3-5,8-11,16-17,19,21-22,33H,2,6-7,12-15,18H2,1H3,(H,30,35)(H,31,34);2-5H2,1H3/t19-,21+,22+;/m1./s1. The number of sulfonamides is 1. The van der Waals surface area contributed by atoms with Crippen molar-refractivity contribution in [2.45, 2.75) is 80.6 Å². The summed E-state index contributed by atoms with van der Waals surface area (Å²) in [7, 11) is -1.81. The van der Waals surface area contributed by atoms with Crippen molar-refractivity contribution in [1.82, 2.24) is 24.8 Å². The first-order chi connectivity index (χ1) is 22.1. The van der Waals surface area contributed by atoms with E-state index in [1.807, 2.05) is 18.2 Å². The fourth-order valence-corrected chi connectivity index (χ4v) is 7.88. The first-order valence-electron chi connectivity index (χ1n) is 16.1. The number of morpholine rings is 1. The van der Waals surface area contributed by atoms with Gasteiger partial charge in [-0.1, -0.05) is 43.5 Å². The maximum atomic E-state index is 13.8. The number of rotatable bonds is 6. The van der Waals surface area contributed by atoms with Gasteiger partial charge in [0.05, 0.1) is 25.4 Å². The van der Waals surface area contributed by atoms with Crippen LogP contribution >= 0.6 is 0 Å². The van der Waals surface area contributed by atoms with Crippen molar-refractivity contribution in [2.75, 3.05) is 39.9 Å². The van der Waals surface area contributed by atoms with Crippen LogP contribution in [0.4, 0.5) is 0 Å². The fourth-order valence-electron chi connectivity index (χ4n) is 6.27. The van der Waals surface area contributed by atoms with E-state index in [4.69, 9.17) is 9.15 Å². The Labute approximate surface area is 270 Å². The van der Waals surface area contributed by atoms with Crippen molar-refractivity contribution in [2.24, 2.45) is 0 Å². The smallest absolute Gasteiger partial charge is 0.287 e. The molecule has 0 spiro atoms. The van der Waals surface area contributed by atoms with Gasteiger partial charge >= 0.3 is 0 Å². The number of aliphatic hydroxyl groups is 1. The SMILES string of the molecule is CN1CCOCC1.C[C@@H]1CC[C@H](NC(=O)C2(NC(=O)c3cc4ccccc4o3)CCCCC2)[C@@H](O)CN1S(=O)(=O)c1ccccn1. The van der Waals surface area contributed by atoms with Crippen molar-refractivity contribution >= 4 is 32.8 Å². The number of carbonyl (C=O) groups excluding carboxylic acids is 2. The van der Waals surface area contributed by atoms with Crippen LogP contribution in [0.2, 0.25) is 0 Å². The minimum Gasteiger partial charge on any atom is -0.451 e. The number of aliphatic hydroxyl groups excluding tert-OH is 1. The molecule has 0 radical (unpaired) electrons. The largest absolute Gasteiger partial charge is 0.451 e. The van der Waals surface area contributed by atoms with Crippen LogP contribution < -0.4 is 10.6 Å². The molecule has 3 N–H and O–H groups in total. The van der Waals surface area contributed by atoms with Gasteiger partial charge in [-0.3, -0.25) is 9.59 Å². The van der Waals surface area contributed by atoms with Crippen molar-refractivity contribution in [3.05, 3.63) is 60.5 Å². The van der Waals surface area contributed by atoms with Gasteiger partial charge in [-0.05, 0) is 63.9 Å². The number of para-hydroxylation sites is 1. The average molecular weight is 656 g/mol. The molecule has 3 fully saturated rings. The number of aromatic nitrogens is 1. The fraction of sp³-hybridized carbons (Fsp3) is 0.545. The van der Waals surface area contributed by atoms with Gasteiger partial charge in [-0.25, -0.2) is 13.4 Å². The topological polar surface area (TPSA) is 154 Å². The van der Waals surface area contributed by atoms with Gasteiger partial charge in [-0.2, -0.15) is 4.31 Å². The van der Waals surface area contributed by atoms with Gasteiger partial charge in [0.15, 0.2) is 10.8 Å². The number of β-amino-alcohol motifs (C(OH)–C–C–N with tert-alkyl or cyclic N) is 1. The summed E-state index contributed by atoms with van der Waals surface area (Å²) >= 11 is 0. The summed E-state index contributed by atoms with van der Waals surface area (Å²) in [6, 6.07) is 12.6. The van der Waals surface area contributed by atoms with Crippen molar-refractivity contribution in [3.8, 4) is 0 Å². The Balaban J connectivity index is 0.000000527. The number of nitrogens with zero attached hydrogens (tertiary/aromatic N) is 3. The lowest BCUT2D eigenvalue weighted by molar-refractivity contribution is -0.130. The highest BCUT2D eigenvalue weighted by Gasteiger charge is 2.44. The summed E-state index contributed by atoms with van der Waals surface area (Å²) in [4.78, 5) is 33.2. The highest BCUT2D eigenvalue weighted by molar-refractivity contribution is 7.89. The molecule has 1 aliphatic carbocycles. The second kappa shape index (κ2) is 15.0. The quantitative estimate of drug-likeness (QED) is 0.364. The zero-order valence-corrected chi connectivity index (χ0v) is 27.4. The summed E-state index contributed by atoms with van der Waals surface area (Å²) in [6.45, 7) is 5.63. The Bertz CT molecular complexity index is 1540. The lowest BCUT2D eigenvalue weighted by Crippen LogP contribution is -2.62. The molecule has 4 heterocycles. The van der Waals surface area contributed by atoms with Crippen LogP contribution in [0.25, 0.3) is 11.0 Å². The van der Waals surface area contributed by atoms with E-state index in [1.54, 1.807) is 31.2 Å². The van der Waals surface area contributed by atoms with E-state index in [-0.39, 0.29) is 23.2 Å². The van der Waals surface area contributed by atoms with Gasteiger partial charge in [0.1, 0.15) is 11.1 Å². The molecule has 2 saturated heterocycles. The summed E-state index contributed by atoms with van der Waals surface area (Å²) in [5.74, 6) is -0.706. The van der Waals surface area contributed by atoms with E-state index in [0.29, 0.717) is 31.3 Å². The summed E-state index contributed by atoms with van der Waals surface area (Å²) in [5.41, 5.74) is -0.559. The van der Waals surface area contributed by atoms with Gasteiger partial charge in [-0.15, -0.1) is 0 Å². The van der Waals surface area contributed by atoms with Crippen LogP contribution in [0.1, 0.15) is 62.4 Å². The number of ether oxygens (including phenoxy) is 1. The monoisotopic (exact) mass is 655 g/mol. The Kier molecular flexibility index (Phi) is 11.1. The second-order valence-corrected chi connectivity index (χ2v) is 14.3. The molecule has 1 saturated carbocycles. The van der Waals surface area contributed by atoms with Crippen LogP contribution in [-0.4, -0.2) is 103 Å². The number of likely N-dealkylation sites (N-methyl/N-ethyl adjacent to an activating group) is 1. The Morgan fingerprint density at radius 2 is 1.74 bits per heavy atom. The average Bonchev–Trinajstić information content (AvgIpc) is 3.45. The minimum absolute atomic E-state index is 0.0824. The maximum Gasteiger partial charge on any atom is 0.287 e. The maximum absolute atomic E-state index is 13.8. The second-order valence-electron chi connectivity index (χ2n) is 12.5. The Morgan fingerprint density at radius 1 is 1.02 bits per heavy atom. The molecule has 3 aliphatic rings. The highest BCUT2D eigenvalue weighted by Crippen LogP contribution is 2.31. The van der Waals surface area contributed by atoms with Crippen LogP contribution in [0.5, 0.6) is 0 Å². The number of benzene rings is 1. The molecule has 0 unspecified atom stereocenters. The molecule has 2 aromatic heterocycles. The number of hydrogen-bond donors (Lipinski definition) is 3. The lowest BCUT2D eigenvalue weighted by atomic mass is 9.80. The number of carbonyl (C=O) groups is 2. The van der Waals surface area contributed by atoms with Crippen molar-refractivity contribution in [1.29, 1.82) is 0 Å². The number of amides is 2. The minimum atomic E-state index is -3.93. The van der Waals surface area contributed by atoms with E-state index in [9.17, 15) is 23.1 Å². The molecule has 2 amide bonds. The summed E-state index contributed by atoms with van der Waals surface area (Å²) in [6.07, 6.45) is 4.53. The van der Waals surface area contributed by atoms with Crippen molar-refractivity contribution in [3.63, 3.8) is 0 Å². The predicted molar refractivity (Wildman–Crippen MR) is 173 cm³/mol. The molecule has 46 heavy (non-hydrogen) atoms. The molecule has 1 aromatic carbocycles. The number of furan rings is 1. The van der Waals surface area contributed by atoms with Gasteiger partial charge in [0.2, 0.25) is 5.91 Å². The number of fused-ring (bicyclic) bond motifs is 1. The third-order valence-electron chi connectivity index (χ3n) is 9.12. The van der Waals surface area contributed by atoms with E-state index in [2.05, 4.69) is 27.6 Å². The molecule has 2 aliphatic heterocycles. The van der Waals surface area contributed by atoms with Crippen LogP contribution in [0, 0.1) is 0 Å². The molecule has 250 valence electrons. The predicted octanol–water partition coefficient (Wildman–Crippen LogP) is 2.93. The molecule has 13 heteroatoms.